The molecule has 0 fully saturated rings. The van der Waals surface area contributed by atoms with Crippen LogP contribution in [0.3, 0.4) is 0 Å². The maximum absolute atomic E-state index is 12.8. The fraction of sp³-hybridized carbons (Fsp3) is 0.200. The van der Waals surface area contributed by atoms with E-state index in [-0.39, 0.29) is 35.1 Å². The van der Waals surface area contributed by atoms with Gasteiger partial charge in [0.1, 0.15) is 18.1 Å². The van der Waals surface area contributed by atoms with Crippen LogP contribution in [-0.2, 0) is 19.0 Å². The third-order valence-electron chi connectivity index (χ3n) is 4.21. The lowest BCUT2D eigenvalue weighted by atomic mass is 10.1. The van der Waals surface area contributed by atoms with Gasteiger partial charge in [-0.1, -0.05) is 11.2 Å². The van der Waals surface area contributed by atoms with Gasteiger partial charge >= 0.3 is 12.4 Å². The van der Waals surface area contributed by atoms with Crippen LogP contribution in [-0.4, -0.2) is 11.1 Å². The Kier molecular flexibility index (Phi) is 5.96. The Bertz CT molecular complexity index is 1070. The van der Waals surface area contributed by atoms with Crippen LogP contribution in [0.5, 0.6) is 5.75 Å². The summed E-state index contributed by atoms with van der Waals surface area (Å²) in [7, 11) is 0. The van der Waals surface area contributed by atoms with Gasteiger partial charge in [-0.2, -0.15) is 26.3 Å². The Morgan fingerprint density at radius 1 is 1.00 bits per heavy atom. The highest BCUT2D eigenvalue weighted by Crippen LogP contribution is 2.32. The summed E-state index contributed by atoms with van der Waals surface area (Å²) in [6, 6.07) is 7.96. The number of aryl methyl sites for hydroxylation is 1. The first-order valence-corrected chi connectivity index (χ1v) is 8.69. The highest BCUT2D eigenvalue weighted by molar-refractivity contribution is 6.03. The van der Waals surface area contributed by atoms with Gasteiger partial charge in [-0.15, -0.1) is 0 Å². The molecule has 1 N–H and O–H groups in total. The minimum absolute atomic E-state index is 0.0791. The number of halogens is 6. The molecule has 0 saturated carbocycles. The van der Waals surface area contributed by atoms with Gasteiger partial charge in [-0.3, -0.25) is 4.79 Å². The van der Waals surface area contributed by atoms with E-state index in [2.05, 4.69) is 10.5 Å². The van der Waals surface area contributed by atoms with Crippen LogP contribution in [0.15, 0.2) is 53.1 Å². The van der Waals surface area contributed by atoms with Crippen molar-refractivity contribution in [3.8, 4) is 5.75 Å². The van der Waals surface area contributed by atoms with Gasteiger partial charge in [0, 0.05) is 5.69 Å². The average molecular weight is 444 g/mol. The lowest BCUT2D eigenvalue weighted by molar-refractivity contribution is -0.138. The van der Waals surface area contributed by atoms with Crippen LogP contribution < -0.4 is 10.1 Å². The van der Waals surface area contributed by atoms with E-state index in [1.807, 2.05) is 0 Å². The smallest absolute Gasteiger partial charge is 0.416 e. The lowest BCUT2D eigenvalue weighted by Gasteiger charge is -2.11. The van der Waals surface area contributed by atoms with Gasteiger partial charge in [-0.25, -0.2) is 0 Å². The van der Waals surface area contributed by atoms with E-state index >= 15 is 0 Å². The molecule has 1 aromatic heterocycles. The van der Waals surface area contributed by atoms with E-state index in [9.17, 15) is 31.1 Å². The molecule has 11 heteroatoms. The Balaban J connectivity index is 1.73. The summed E-state index contributed by atoms with van der Waals surface area (Å²) >= 11 is 0. The van der Waals surface area contributed by atoms with E-state index in [4.69, 9.17) is 9.26 Å². The molecule has 0 atom stereocenters. The fourth-order valence-corrected chi connectivity index (χ4v) is 2.59. The van der Waals surface area contributed by atoms with E-state index in [1.54, 1.807) is 0 Å². The molecule has 0 aliphatic rings. The first-order chi connectivity index (χ1) is 14.4. The van der Waals surface area contributed by atoms with Crippen molar-refractivity contribution >= 4 is 11.6 Å². The maximum Gasteiger partial charge on any atom is 0.416 e. The van der Waals surface area contributed by atoms with E-state index < -0.39 is 29.4 Å². The monoisotopic (exact) mass is 444 g/mol. The van der Waals surface area contributed by atoms with Crippen LogP contribution >= 0.6 is 0 Å². The maximum atomic E-state index is 12.8. The highest BCUT2D eigenvalue weighted by atomic mass is 19.4. The molecule has 0 aliphatic carbocycles. The summed E-state index contributed by atoms with van der Waals surface area (Å²) < 4.78 is 86.7. The molecule has 0 spiro atoms. The number of anilines is 1. The standard InChI is InChI=1S/C20H14F6N2O3/c1-11-16(10-30-15-4-2-3-13(9-15)20(24,25)26)17(28-31-11)18(29)27-14-7-5-12(6-8-14)19(21,22)23/h2-9H,10H2,1H3,(H,27,29). The normalized spacial score (nSPS) is 12.0. The zero-order valence-corrected chi connectivity index (χ0v) is 15.8. The number of hydrogen-bond donors (Lipinski definition) is 1. The number of hydrogen-bond acceptors (Lipinski definition) is 4. The molecule has 164 valence electrons. The van der Waals surface area contributed by atoms with Crippen molar-refractivity contribution in [2.24, 2.45) is 0 Å². The highest BCUT2D eigenvalue weighted by Gasteiger charge is 2.31. The molecular formula is C20H14F6N2O3. The Labute approximate surface area is 171 Å². The molecule has 5 nitrogen and oxygen atoms in total. The average Bonchev–Trinajstić information content (AvgIpc) is 3.06. The zero-order chi connectivity index (χ0) is 22.8. The summed E-state index contributed by atoms with van der Waals surface area (Å²) in [4.78, 5) is 12.5. The van der Waals surface area contributed by atoms with Gasteiger partial charge in [-0.05, 0) is 49.4 Å². The Hall–Kier alpha value is -3.50. The summed E-state index contributed by atoms with van der Waals surface area (Å²) in [5.74, 6) is -0.659. The lowest BCUT2D eigenvalue weighted by Crippen LogP contribution is -2.15. The fourth-order valence-electron chi connectivity index (χ4n) is 2.59. The predicted molar refractivity (Wildman–Crippen MR) is 96.4 cm³/mol. The molecule has 0 saturated heterocycles. The number of benzene rings is 2. The minimum atomic E-state index is -4.54. The second kappa shape index (κ2) is 8.32. The van der Waals surface area contributed by atoms with E-state index in [0.717, 1.165) is 36.4 Å². The summed E-state index contributed by atoms with van der Waals surface area (Å²) in [5, 5.41) is 6.00. The van der Waals surface area contributed by atoms with Crippen LogP contribution in [0.1, 0.15) is 32.9 Å². The molecule has 0 bridgehead atoms. The molecule has 0 unspecified atom stereocenters. The predicted octanol–water partition coefficient (Wildman–Crippen LogP) is 5.85. The van der Waals surface area contributed by atoms with Crippen LogP contribution in [0.4, 0.5) is 32.0 Å². The number of alkyl halides is 6. The number of aromatic nitrogens is 1. The van der Waals surface area contributed by atoms with E-state index in [0.29, 0.717) is 0 Å². The summed E-state index contributed by atoms with van der Waals surface area (Å²) in [5.41, 5.74) is -1.71. The molecule has 0 aliphatic heterocycles. The van der Waals surface area contributed by atoms with Gasteiger partial charge in [0.2, 0.25) is 0 Å². The van der Waals surface area contributed by atoms with Crippen molar-refractivity contribution in [3.05, 3.63) is 76.7 Å². The topological polar surface area (TPSA) is 64.4 Å². The van der Waals surface area contributed by atoms with Gasteiger partial charge in [0.05, 0.1) is 16.7 Å². The van der Waals surface area contributed by atoms with Gasteiger partial charge in [0.15, 0.2) is 5.69 Å². The van der Waals surface area contributed by atoms with Crippen molar-refractivity contribution in [2.45, 2.75) is 25.9 Å². The summed E-state index contributed by atoms with van der Waals surface area (Å²) in [6.07, 6.45) is -9.06. The molecule has 2 aromatic carbocycles. The number of rotatable bonds is 5. The molecule has 0 radical (unpaired) electrons. The molecule has 31 heavy (non-hydrogen) atoms. The quantitative estimate of drug-likeness (QED) is 0.502. The van der Waals surface area contributed by atoms with Crippen LogP contribution in [0.2, 0.25) is 0 Å². The Morgan fingerprint density at radius 2 is 1.65 bits per heavy atom. The SMILES string of the molecule is Cc1onc(C(=O)Nc2ccc(C(F)(F)F)cc2)c1COc1cccc(C(F)(F)F)c1. The van der Waals surface area contributed by atoms with Crippen molar-refractivity contribution in [3.63, 3.8) is 0 Å². The van der Waals surface area contributed by atoms with Crippen LogP contribution in [0, 0.1) is 6.92 Å². The largest absolute Gasteiger partial charge is 0.489 e. The molecular weight excluding hydrogens is 430 g/mol. The number of ether oxygens (including phenoxy) is 1. The number of nitrogens with zero attached hydrogens (tertiary/aromatic N) is 1. The second-order valence-corrected chi connectivity index (χ2v) is 6.41. The van der Waals surface area contributed by atoms with Gasteiger partial charge in [0.25, 0.3) is 5.91 Å². The Morgan fingerprint density at radius 3 is 2.26 bits per heavy atom. The van der Waals surface area contributed by atoms with Crippen molar-refractivity contribution in [2.75, 3.05) is 5.32 Å². The number of amides is 1. The second-order valence-electron chi connectivity index (χ2n) is 6.41. The third-order valence-corrected chi connectivity index (χ3v) is 4.21. The van der Waals surface area contributed by atoms with Crippen molar-refractivity contribution in [1.29, 1.82) is 0 Å². The van der Waals surface area contributed by atoms with Gasteiger partial charge < -0.3 is 14.6 Å². The molecule has 1 amide bonds. The first kappa shape index (κ1) is 22.2. The van der Waals surface area contributed by atoms with Crippen molar-refractivity contribution in [1.82, 2.24) is 5.16 Å². The zero-order valence-electron chi connectivity index (χ0n) is 15.8. The molecule has 3 rings (SSSR count). The molecule has 1 heterocycles. The van der Waals surface area contributed by atoms with E-state index in [1.165, 1.54) is 19.1 Å². The first-order valence-electron chi connectivity index (χ1n) is 8.69. The number of carbonyl (C=O) groups excluding carboxylic acids is 1. The third kappa shape index (κ3) is 5.36. The van der Waals surface area contributed by atoms with Crippen LogP contribution in [0.25, 0.3) is 0 Å². The number of carbonyl (C=O) groups is 1. The molecule has 3 aromatic rings. The van der Waals surface area contributed by atoms with Crippen molar-refractivity contribution < 1.29 is 40.4 Å². The summed E-state index contributed by atoms with van der Waals surface area (Å²) in [6.45, 7) is 1.17. The number of nitrogens with one attached hydrogen (secondary N) is 1. The minimum Gasteiger partial charge on any atom is -0.489 e.